The first-order valence-corrected chi connectivity index (χ1v) is 6.85. The second-order valence-electron chi connectivity index (χ2n) is 4.94. The molecule has 5 heteroatoms. The minimum Gasteiger partial charge on any atom is -0.467 e. The summed E-state index contributed by atoms with van der Waals surface area (Å²) in [5.74, 6) is 0.808. The molecule has 5 nitrogen and oxygen atoms in total. The number of nitrogens with one attached hydrogen (secondary N) is 1. The summed E-state index contributed by atoms with van der Waals surface area (Å²) in [5, 5.41) is 2.95. The molecular formula is C14H22N2O3. The average Bonchev–Trinajstić information content (AvgIpc) is 2.92. The van der Waals surface area contributed by atoms with Gasteiger partial charge in [-0.1, -0.05) is 6.92 Å². The fourth-order valence-electron chi connectivity index (χ4n) is 2.27. The standard InChI is InChI=1S/C14H22N2O3/c1-3-12-9-16(6-8-18-12)10-14(17)15-11(2)13-5-4-7-19-13/h4-5,7,11-12H,3,6,8-10H2,1-2H3,(H,15,17)/t11-,12+/m1/s1. The molecule has 1 aromatic rings. The predicted molar refractivity (Wildman–Crippen MR) is 71.7 cm³/mol. The van der Waals surface area contributed by atoms with Crippen LogP contribution in [-0.4, -0.2) is 43.2 Å². The third-order valence-electron chi connectivity index (χ3n) is 3.39. The molecule has 19 heavy (non-hydrogen) atoms. The average molecular weight is 266 g/mol. The zero-order valence-electron chi connectivity index (χ0n) is 11.6. The van der Waals surface area contributed by atoms with E-state index in [1.54, 1.807) is 6.26 Å². The highest BCUT2D eigenvalue weighted by Gasteiger charge is 2.21. The largest absolute Gasteiger partial charge is 0.467 e. The van der Waals surface area contributed by atoms with Crippen molar-refractivity contribution in [3.05, 3.63) is 24.2 Å². The molecule has 0 saturated carbocycles. The fraction of sp³-hybridized carbons (Fsp3) is 0.643. The number of rotatable bonds is 5. The second-order valence-corrected chi connectivity index (χ2v) is 4.94. The summed E-state index contributed by atoms with van der Waals surface area (Å²) in [4.78, 5) is 14.1. The summed E-state index contributed by atoms with van der Waals surface area (Å²) >= 11 is 0. The Bertz CT molecular complexity index is 391. The van der Waals surface area contributed by atoms with Gasteiger partial charge in [-0.05, 0) is 25.5 Å². The predicted octanol–water partition coefficient (Wildman–Crippen LogP) is 1.57. The first kappa shape index (κ1) is 14.1. The Hall–Kier alpha value is -1.33. The van der Waals surface area contributed by atoms with E-state index in [0.717, 1.165) is 25.3 Å². The van der Waals surface area contributed by atoms with Crippen LogP contribution < -0.4 is 5.32 Å². The Kier molecular flexibility index (Phi) is 4.99. The van der Waals surface area contributed by atoms with E-state index in [0.29, 0.717) is 13.2 Å². The van der Waals surface area contributed by atoms with E-state index >= 15 is 0 Å². The monoisotopic (exact) mass is 266 g/mol. The second kappa shape index (κ2) is 6.73. The van der Waals surface area contributed by atoms with Gasteiger partial charge in [-0.25, -0.2) is 0 Å². The van der Waals surface area contributed by atoms with Gasteiger partial charge in [0, 0.05) is 13.1 Å². The molecule has 0 aliphatic carbocycles. The summed E-state index contributed by atoms with van der Waals surface area (Å²) < 4.78 is 10.9. The maximum Gasteiger partial charge on any atom is 0.234 e. The van der Waals surface area contributed by atoms with Crippen LogP contribution in [0.25, 0.3) is 0 Å². The summed E-state index contributed by atoms with van der Waals surface area (Å²) in [6.07, 6.45) is 2.86. The highest BCUT2D eigenvalue weighted by atomic mass is 16.5. The Balaban J connectivity index is 1.77. The lowest BCUT2D eigenvalue weighted by molar-refractivity contribution is -0.125. The molecule has 1 aliphatic rings. The summed E-state index contributed by atoms with van der Waals surface area (Å²) in [7, 11) is 0. The molecular weight excluding hydrogens is 244 g/mol. The molecule has 0 spiro atoms. The van der Waals surface area contributed by atoms with E-state index in [1.807, 2.05) is 19.1 Å². The molecule has 0 radical (unpaired) electrons. The minimum absolute atomic E-state index is 0.0284. The van der Waals surface area contributed by atoms with Gasteiger partial charge in [0.25, 0.3) is 0 Å². The van der Waals surface area contributed by atoms with Gasteiger partial charge in [0.1, 0.15) is 5.76 Å². The summed E-state index contributed by atoms with van der Waals surface area (Å²) in [6.45, 7) is 6.81. The fourth-order valence-corrected chi connectivity index (χ4v) is 2.27. The van der Waals surface area contributed by atoms with Crippen molar-refractivity contribution in [2.75, 3.05) is 26.2 Å². The molecule has 1 saturated heterocycles. The molecule has 2 heterocycles. The van der Waals surface area contributed by atoms with Crippen LogP contribution in [0.2, 0.25) is 0 Å². The lowest BCUT2D eigenvalue weighted by Gasteiger charge is -2.32. The van der Waals surface area contributed by atoms with E-state index in [4.69, 9.17) is 9.15 Å². The SMILES string of the molecule is CC[C@H]1CN(CC(=O)N[C@H](C)c2ccco2)CCO1. The third-order valence-corrected chi connectivity index (χ3v) is 3.39. The molecule has 1 fully saturated rings. The van der Waals surface area contributed by atoms with Crippen molar-refractivity contribution in [3.8, 4) is 0 Å². The van der Waals surface area contributed by atoms with Crippen LogP contribution >= 0.6 is 0 Å². The number of amides is 1. The van der Waals surface area contributed by atoms with Crippen LogP contribution in [0.4, 0.5) is 0 Å². The maximum atomic E-state index is 12.0. The van der Waals surface area contributed by atoms with Gasteiger partial charge in [-0.3, -0.25) is 9.69 Å². The minimum atomic E-state index is -0.0921. The normalized spacial score (nSPS) is 22.1. The van der Waals surface area contributed by atoms with Crippen molar-refractivity contribution in [1.29, 1.82) is 0 Å². The molecule has 1 aliphatic heterocycles. The molecule has 1 N–H and O–H groups in total. The molecule has 0 unspecified atom stereocenters. The van der Waals surface area contributed by atoms with Crippen LogP contribution in [-0.2, 0) is 9.53 Å². The molecule has 0 aromatic carbocycles. The van der Waals surface area contributed by atoms with E-state index in [9.17, 15) is 4.79 Å². The van der Waals surface area contributed by atoms with Crippen molar-refractivity contribution >= 4 is 5.91 Å². The molecule has 1 amide bonds. The van der Waals surface area contributed by atoms with Gasteiger partial charge < -0.3 is 14.5 Å². The summed E-state index contributed by atoms with van der Waals surface area (Å²) in [6, 6.07) is 3.60. The van der Waals surface area contributed by atoms with Gasteiger partial charge in [0.2, 0.25) is 5.91 Å². The highest BCUT2D eigenvalue weighted by Crippen LogP contribution is 2.12. The molecule has 0 bridgehead atoms. The number of furan rings is 1. The molecule has 2 rings (SSSR count). The number of morpholine rings is 1. The van der Waals surface area contributed by atoms with Crippen molar-refractivity contribution in [2.45, 2.75) is 32.4 Å². The smallest absolute Gasteiger partial charge is 0.234 e. The van der Waals surface area contributed by atoms with Gasteiger partial charge in [-0.2, -0.15) is 0 Å². The van der Waals surface area contributed by atoms with Crippen molar-refractivity contribution < 1.29 is 13.9 Å². The van der Waals surface area contributed by atoms with Gasteiger partial charge in [0.05, 0.1) is 31.6 Å². The van der Waals surface area contributed by atoms with Crippen LogP contribution in [0.15, 0.2) is 22.8 Å². The Morgan fingerprint density at radius 2 is 2.47 bits per heavy atom. The quantitative estimate of drug-likeness (QED) is 0.879. The summed E-state index contributed by atoms with van der Waals surface area (Å²) in [5.41, 5.74) is 0. The maximum absolute atomic E-state index is 12.0. The lowest BCUT2D eigenvalue weighted by Crippen LogP contribution is -2.47. The zero-order chi connectivity index (χ0) is 13.7. The van der Waals surface area contributed by atoms with E-state index < -0.39 is 0 Å². The first-order chi connectivity index (χ1) is 9.19. The number of hydrogen-bond donors (Lipinski definition) is 1. The van der Waals surface area contributed by atoms with E-state index in [2.05, 4.69) is 17.1 Å². The van der Waals surface area contributed by atoms with E-state index in [-0.39, 0.29) is 18.1 Å². The zero-order valence-corrected chi connectivity index (χ0v) is 11.6. The Morgan fingerprint density at radius 3 is 3.16 bits per heavy atom. The lowest BCUT2D eigenvalue weighted by atomic mass is 10.2. The van der Waals surface area contributed by atoms with E-state index in [1.165, 1.54) is 0 Å². The number of ether oxygens (including phenoxy) is 1. The Morgan fingerprint density at radius 1 is 1.63 bits per heavy atom. The van der Waals surface area contributed by atoms with Crippen LogP contribution in [0.5, 0.6) is 0 Å². The van der Waals surface area contributed by atoms with Crippen molar-refractivity contribution in [2.24, 2.45) is 0 Å². The van der Waals surface area contributed by atoms with Gasteiger partial charge in [0.15, 0.2) is 0 Å². The topological polar surface area (TPSA) is 54.7 Å². The van der Waals surface area contributed by atoms with Crippen LogP contribution in [0.1, 0.15) is 32.1 Å². The van der Waals surface area contributed by atoms with Crippen molar-refractivity contribution in [1.82, 2.24) is 10.2 Å². The number of nitrogens with zero attached hydrogens (tertiary/aromatic N) is 1. The third kappa shape index (κ3) is 4.08. The van der Waals surface area contributed by atoms with Gasteiger partial charge in [-0.15, -0.1) is 0 Å². The number of carbonyl (C=O) groups excluding carboxylic acids is 1. The van der Waals surface area contributed by atoms with Crippen molar-refractivity contribution in [3.63, 3.8) is 0 Å². The molecule has 1 aromatic heterocycles. The number of hydrogen-bond acceptors (Lipinski definition) is 4. The number of carbonyl (C=O) groups is 1. The van der Waals surface area contributed by atoms with Gasteiger partial charge >= 0.3 is 0 Å². The molecule has 2 atom stereocenters. The molecule has 106 valence electrons. The van der Waals surface area contributed by atoms with Crippen LogP contribution in [0.3, 0.4) is 0 Å². The Labute approximate surface area is 113 Å². The highest BCUT2D eigenvalue weighted by molar-refractivity contribution is 5.78. The first-order valence-electron chi connectivity index (χ1n) is 6.85. The van der Waals surface area contributed by atoms with Crippen LogP contribution in [0, 0.1) is 0 Å².